The van der Waals surface area contributed by atoms with E-state index >= 15 is 0 Å². The fourth-order valence-corrected chi connectivity index (χ4v) is 3.88. The Kier molecular flexibility index (Phi) is 5.86. The van der Waals surface area contributed by atoms with Gasteiger partial charge in [0.2, 0.25) is 0 Å². The van der Waals surface area contributed by atoms with Gasteiger partial charge in [-0.05, 0) is 49.2 Å². The van der Waals surface area contributed by atoms with Crippen LogP contribution in [0.4, 0.5) is 0 Å². The molecule has 8 heteroatoms. The molecule has 1 amide bonds. The zero-order valence-electron chi connectivity index (χ0n) is 18.9. The van der Waals surface area contributed by atoms with E-state index in [1.54, 1.807) is 0 Å². The summed E-state index contributed by atoms with van der Waals surface area (Å²) in [5, 5.41) is 14.0. The average Bonchev–Trinajstić information content (AvgIpc) is 3.58. The van der Waals surface area contributed by atoms with Crippen LogP contribution in [0, 0.1) is 6.92 Å². The quantitative estimate of drug-likeness (QED) is 0.447. The molecule has 2 atom stereocenters. The highest BCUT2D eigenvalue weighted by Gasteiger charge is 2.25. The van der Waals surface area contributed by atoms with E-state index in [0.717, 1.165) is 33.7 Å². The molecule has 170 valence electrons. The lowest BCUT2D eigenvalue weighted by Crippen LogP contribution is -2.27. The van der Waals surface area contributed by atoms with E-state index in [4.69, 9.17) is 4.84 Å². The molecule has 1 aliphatic rings. The Balaban J connectivity index is 1.46. The van der Waals surface area contributed by atoms with E-state index in [2.05, 4.69) is 30.6 Å². The lowest BCUT2D eigenvalue weighted by molar-refractivity contribution is 0.0857. The van der Waals surface area contributed by atoms with Crippen molar-refractivity contribution in [3.05, 3.63) is 101 Å². The van der Waals surface area contributed by atoms with Gasteiger partial charge in [0.1, 0.15) is 12.2 Å². The monoisotopic (exact) mass is 452 g/mol. The van der Waals surface area contributed by atoms with Crippen LogP contribution in [-0.4, -0.2) is 31.8 Å². The molecule has 0 saturated carbocycles. The molecule has 0 saturated heterocycles. The average molecular weight is 453 g/mol. The second-order valence-electron chi connectivity index (χ2n) is 8.33. The fourth-order valence-electron chi connectivity index (χ4n) is 3.88. The largest absolute Gasteiger partial charge is 0.387 e. The van der Waals surface area contributed by atoms with Crippen LogP contribution in [0.15, 0.2) is 78.3 Å². The van der Waals surface area contributed by atoms with Crippen molar-refractivity contribution in [3.63, 3.8) is 0 Å². The van der Waals surface area contributed by atoms with E-state index in [1.165, 1.54) is 6.33 Å². The number of H-pyrrole nitrogens is 1. The van der Waals surface area contributed by atoms with E-state index in [0.29, 0.717) is 17.8 Å². The van der Waals surface area contributed by atoms with Crippen LogP contribution in [0.25, 0.3) is 11.3 Å². The third kappa shape index (κ3) is 4.56. The van der Waals surface area contributed by atoms with Gasteiger partial charge in [0.15, 0.2) is 6.10 Å². The molecule has 3 heterocycles. The first-order chi connectivity index (χ1) is 16.6. The molecule has 0 fully saturated rings. The molecule has 0 radical (unpaired) electrons. The van der Waals surface area contributed by atoms with Gasteiger partial charge in [-0.3, -0.25) is 14.9 Å². The predicted octanol–water partition coefficient (Wildman–Crippen LogP) is 4.53. The van der Waals surface area contributed by atoms with E-state index in [9.17, 15) is 4.79 Å². The van der Waals surface area contributed by atoms with Crippen molar-refractivity contribution in [2.75, 3.05) is 0 Å². The summed E-state index contributed by atoms with van der Waals surface area (Å²) in [6.45, 7) is 3.84. The first kappa shape index (κ1) is 21.5. The molecular formula is C26H24N6O2. The molecule has 2 aromatic carbocycles. The number of hydrogen-bond acceptors (Lipinski definition) is 6. The van der Waals surface area contributed by atoms with Crippen molar-refractivity contribution in [2.45, 2.75) is 32.4 Å². The summed E-state index contributed by atoms with van der Waals surface area (Å²) in [6, 6.07) is 19.3. The molecule has 0 spiro atoms. The Hall–Kier alpha value is -4.33. The number of aromatic nitrogens is 4. The smallest absolute Gasteiger partial charge is 0.251 e. The van der Waals surface area contributed by atoms with E-state index < -0.39 is 0 Å². The van der Waals surface area contributed by atoms with Crippen LogP contribution in [0.1, 0.15) is 58.4 Å². The highest BCUT2D eigenvalue weighted by atomic mass is 16.6. The Morgan fingerprint density at radius 3 is 2.65 bits per heavy atom. The number of benzene rings is 2. The Labute approximate surface area is 197 Å². The maximum Gasteiger partial charge on any atom is 0.251 e. The summed E-state index contributed by atoms with van der Waals surface area (Å²) in [5.41, 5.74) is 5.88. The summed E-state index contributed by atoms with van der Waals surface area (Å²) in [4.78, 5) is 27.6. The zero-order chi connectivity index (χ0) is 23.5. The molecule has 2 aromatic heterocycles. The van der Waals surface area contributed by atoms with Crippen LogP contribution in [0.3, 0.4) is 0 Å². The number of nitrogens with one attached hydrogen (secondary N) is 2. The van der Waals surface area contributed by atoms with Gasteiger partial charge in [-0.1, -0.05) is 41.6 Å². The first-order valence-corrected chi connectivity index (χ1v) is 11.1. The fraction of sp³-hybridized carbons (Fsp3) is 0.192. The predicted molar refractivity (Wildman–Crippen MR) is 128 cm³/mol. The molecule has 34 heavy (non-hydrogen) atoms. The molecule has 1 aliphatic heterocycles. The van der Waals surface area contributed by atoms with Gasteiger partial charge in [0.05, 0.1) is 17.4 Å². The first-order valence-electron chi connectivity index (χ1n) is 11.1. The summed E-state index contributed by atoms with van der Waals surface area (Å²) in [7, 11) is 0. The molecular weight excluding hydrogens is 428 g/mol. The van der Waals surface area contributed by atoms with Crippen molar-refractivity contribution >= 4 is 11.6 Å². The molecule has 0 aliphatic carbocycles. The number of aryl methyl sites for hydroxylation is 1. The molecule has 1 unspecified atom stereocenters. The minimum Gasteiger partial charge on any atom is -0.387 e. The lowest BCUT2D eigenvalue weighted by atomic mass is 9.95. The van der Waals surface area contributed by atoms with Crippen molar-refractivity contribution in [3.8, 4) is 11.3 Å². The van der Waals surface area contributed by atoms with Gasteiger partial charge >= 0.3 is 0 Å². The number of nitrogens with zero attached hydrogens (tertiary/aromatic N) is 4. The number of rotatable bonds is 6. The Bertz CT molecular complexity index is 1320. The Morgan fingerprint density at radius 1 is 1.09 bits per heavy atom. The third-order valence-electron chi connectivity index (χ3n) is 5.77. The van der Waals surface area contributed by atoms with Gasteiger partial charge in [-0.15, -0.1) is 0 Å². The summed E-state index contributed by atoms with van der Waals surface area (Å²) >= 11 is 0. The molecule has 8 nitrogen and oxygen atoms in total. The number of carbonyl (C=O) groups is 1. The van der Waals surface area contributed by atoms with Gasteiger partial charge in [-0.25, -0.2) is 4.98 Å². The lowest BCUT2D eigenvalue weighted by Gasteiger charge is -2.13. The topological polar surface area (TPSA) is 105 Å². The van der Waals surface area contributed by atoms with Crippen LogP contribution in [0.2, 0.25) is 0 Å². The maximum absolute atomic E-state index is 13.2. The normalized spacial score (nSPS) is 15.9. The number of oxime groups is 1. The molecule has 5 rings (SSSR count). The minimum atomic E-state index is -0.325. The Morgan fingerprint density at radius 2 is 1.91 bits per heavy atom. The van der Waals surface area contributed by atoms with Gasteiger partial charge < -0.3 is 10.2 Å². The number of amides is 1. The van der Waals surface area contributed by atoms with Gasteiger partial charge in [0.25, 0.3) is 5.91 Å². The van der Waals surface area contributed by atoms with Crippen molar-refractivity contribution < 1.29 is 9.63 Å². The van der Waals surface area contributed by atoms with Crippen molar-refractivity contribution in [2.24, 2.45) is 5.16 Å². The van der Waals surface area contributed by atoms with Crippen LogP contribution < -0.4 is 5.32 Å². The second-order valence-corrected chi connectivity index (χ2v) is 8.33. The zero-order valence-corrected chi connectivity index (χ0v) is 18.9. The van der Waals surface area contributed by atoms with Crippen molar-refractivity contribution in [1.29, 1.82) is 0 Å². The highest BCUT2D eigenvalue weighted by molar-refractivity contribution is 6.05. The highest BCUT2D eigenvalue weighted by Crippen LogP contribution is 2.31. The standard InChI is InChI=1S/C26H24N6O2/c1-16-8-9-22(27-14-16)19-10-20(23-13-24(34-32-23)18-6-4-3-5-7-18)12-21(11-19)26(33)30-17(2)25-28-15-29-31-25/h3-12,14-15,17,24H,13H2,1-2H3,(H,30,33)(H,28,29,31)/t17-,24?/m1/s1. The number of hydrogen-bond donors (Lipinski definition) is 2. The number of carbonyl (C=O) groups excluding carboxylic acids is 1. The van der Waals surface area contributed by atoms with Crippen LogP contribution in [-0.2, 0) is 4.84 Å². The minimum absolute atomic E-state index is 0.152. The number of pyridine rings is 1. The van der Waals surface area contributed by atoms with Gasteiger partial charge in [-0.2, -0.15) is 5.10 Å². The van der Waals surface area contributed by atoms with E-state index in [1.807, 2.05) is 80.7 Å². The molecule has 0 bridgehead atoms. The summed E-state index contributed by atoms with van der Waals surface area (Å²) < 4.78 is 0. The van der Waals surface area contributed by atoms with Crippen LogP contribution >= 0.6 is 0 Å². The van der Waals surface area contributed by atoms with E-state index in [-0.39, 0.29) is 18.1 Å². The van der Waals surface area contributed by atoms with Gasteiger partial charge in [0, 0.05) is 29.3 Å². The SMILES string of the molecule is Cc1ccc(-c2cc(C(=O)N[C@H](C)c3ncn[nH]3)cc(C3=NOC(c4ccccc4)C3)c2)nc1. The van der Waals surface area contributed by atoms with Crippen molar-refractivity contribution in [1.82, 2.24) is 25.5 Å². The number of aromatic amines is 1. The summed E-state index contributed by atoms with van der Waals surface area (Å²) in [6.07, 6.45) is 3.70. The molecule has 2 N–H and O–H groups in total. The third-order valence-corrected chi connectivity index (χ3v) is 5.77. The molecule has 4 aromatic rings. The second kappa shape index (κ2) is 9.27. The summed E-state index contributed by atoms with van der Waals surface area (Å²) in [5.74, 6) is 0.363. The maximum atomic E-state index is 13.2. The van der Waals surface area contributed by atoms with Crippen LogP contribution in [0.5, 0.6) is 0 Å².